The van der Waals surface area contributed by atoms with E-state index in [2.05, 4.69) is 6.92 Å². The summed E-state index contributed by atoms with van der Waals surface area (Å²) in [4.78, 5) is 30.7. The van der Waals surface area contributed by atoms with Crippen LogP contribution < -0.4 is 0 Å². The van der Waals surface area contributed by atoms with Gasteiger partial charge in [-0.1, -0.05) is 43.7 Å². The minimum atomic E-state index is -0.125. The van der Waals surface area contributed by atoms with E-state index in [1.54, 1.807) is 19.0 Å². The minimum absolute atomic E-state index is 0.0450. The fourth-order valence-electron chi connectivity index (χ4n) is 3.03. The third-order valence-electron chi connectivity index (χ3n) is 4.73. The van der Waals surface area contributed by atoms with Crippen LogP contribution in [0.1, 0.15) is 31.0 Å². The molecule has 1 heterocycles. The van der Waals surface area contributed by atoms with Gasteiger partial charge in [0, 0.05) is 46.1 Å². The number of carbonyl (C=O) groups is 2. The Labute approximate surface area is 168 Å². The van der Waals surface area contributed by atoms with Crippen LogP contribution in [0.25, 0.3) is 0 Å². The monoisotopic (exact) mass is 384 g/mol. The molecule has 0 spiro atoms. The number of rotatable bonds is 9. The Morgan fingerprint density at radius 2 is 1.68 bits per heavy atom. The third kappa shape index (κ3) is 6.15. The summed E-state index contributed by atoms with van der Waals surface area (Å²) in [5.74, 6) is -0.0450. The van der Waals surface area contributed by atoms with Crippen molar-refractivity contribution in [2.45, 2.75) is 32.9 Å². The second kappa shape index (κ2) is 10.5. The molecule has 0 fully saturated rings. The van der Waals surface area contributed by atoms with E-state index in [9.17, 15) is 9.59 Å². The smallest absolute Gasteiger partial charge is 0.319 e. The summed E-state index contributed by atoms with van der Waals surface area (Å²) in [5.41, 5.74) is 2.13. The molecule has 152 valence electrons. The summed E-state index contributed by atoms with van der Waals surface area (Å²) < 4.78 is 2.02. The summed E-state index contributed by atoms with van der Waals surface area (Å²) in [5, 5.41) is 0. The highest BCUT2D eigenvalue weighted by Gasteiger charge is 2.23. The van der Waals surface area contributed by atoms with Gasteiger partial charge < -0.3 is 19.3 Å². The second-order valence-corrected chi connectivity index (χ2v) is 7.30. The SMILES string of the molecule is CCCCN(CC(=O)N(Cc1ccccc1)Cc1cccn1C)C(=O)N(C)C. The van der Waals surface area contributed by atoms with Gasteiger partial charge in [-0.3, -0.25) is 4.79 Å². The molecule has 0 aliphatic carbocycles. The van der Waals surface area contributed by atoms with Crippen LogP contribution in [0, 0.1) is 0 Å². The first-order valence-electron chi connectivity index (χ1n) is 9.80. The summed E-state index contributed by atoms with van der Waals surface area (Å²) in [6.45, 7) is 3.78. The average Bonchev–Trinajstić information content (AvgIpc) is 3.09. The van der Waals surface area contributed by atoms with Crippen molar-refractivity contribution in [3.63, 3.8) is 0 Å². The number of unbranched alkanes of at least 4 members (excludes halogenated alkanes) is 1. The molecule has 2 rings (SSSR count). The Morgan fingerprint density at radius 3 is 2.25 bits per heavy atom. The van der Waals surface area contributed by atoms with Crippen LogP contribution in [-0.2, 0) is 24.9 Å². The van der Waals surface area contributed by atoms with Gasteiger partial charge in [-0.2, -0.15) is 0 Å². The fraction of sp³-hybridized carbons (Fsp3) is 0.455. The quantitative estimate of drug-likeness (QED) is 0.666. The van der Waals surface area contributed by atoms with Gasteiger partial charge in [0.15, 0.2) is 0 Å². The van der Waals surface area contributed by atoms with Crippen molar-refractivity contribution in [1.29, 1.82) is 0 Å². The number of aryl methyl sites for hydroxylation is 1. The van der Waals surface area contributed by atoms with E-state index in [0.717, 1.165) is 24.1 Å². The number of urea groups is 1. The lowest BCUT2D eigenvalue weighted by Crippen LogP contribution is -2.46. The van der Waals surface area contributed by atoms with Crippen molar-refractivity contribution in [1.82, 2.24) is 19.3 Å². The van der Waals surface area contributed by atoms with Gasteiger partial charge in [0.2, 0.25) is 5.91 Å². The fourth-order valence-corrected chi connectivity index (χ4v) is 3.03. The Morgan fingerprint density at radius 1 is 0.964 bits per heavy atom. The number of carbonyl (C=O) groups excluding carboxylic acids is 2. The lowest BCUT2D eigenvalue weighted by atomic mass is 10.2. The maximum Gasteiger partial charge on any atom is 0.319 e. The molecule has 6 heteroatoms. The summed E-state index contributed by atoms with van der Waals surface area (Å²) in [7, 11) is 5.42. The zero-order valence-corrected chi connectivity index (χ0v) is 17.5. The Bertz CT molecular complexity index is 755. The molecule has 2 aromatic rings. The van der Waals surface area contributed by atoms with Gasteiger partial charge in [0.25, 0.3) is 0 Å². The molecule has 0 aliphatic rings. The normalized spacial score (nSPS) is 10.6. The molecule has 28 heavy (non-hydrogen) atoms. The Kier molecular flexibility index (Phi) is 8.11. The molecule has 1 aromatic heterocycles. The number of benzene rings is 1. The highest BCUT2D eigenvalue weighted by molar-refractivity contribution is 5.84. The molecule has 3 amide bonds. The number of aromatic nitrogens is 1. The van der Waals surface area contributed by atoms with E-state index in [1.807, 2.05) is 65.2 Å². The summed E-state index contributed by atoms with van der Waals surface area (Å²) in [6.07, 6.45) is 3.83. The van der Waals surface area contributed by atoms with Gasteiger partial charge in [-0.25, -0.2) is 4.79 Å². The summed E-state index contributed by atoms with van der Waals surface area (Å²) >= 11 is 0. The lowest BCUT2D eigenvalue weighted by Gasteiger charge is -2.29. The Hall–Kier alpha value is -2.76. The molecule has 0 N–H and O–H groups in total. The van der Waals surface area contributed by atoms with E-state index in [1.165, 1.54) is 4.90 Å². The van der Waals surface area contributed by atoms with Crippen LogP contribution >= 0.6 is 0 Å². The maximum atomic E-state index is 13.2. The first kappa shape index (κ1) is 21.5. The van der Waals surface area contributed by atoms with Crippen LogP contribution in [0.5, 0.6) is 0 Å². The van der Waals surface area contributed by atoms with E-state index in [4.69, 9.17) is 0 Å². The predicted molar refractivity (Wildman–Crippen MR) is 112 cm³/mol. The number of hydrogen-bond acceptors (Lipinski definition) is 2. The van der Waals surface area contributed by atoms with Gasteiger partial charge in [-0.15, -0.1) is 0 Å². The average molecular weight is 385 g/mol. The van der Waals surface area contributed by atoms with Crippen molar-refractivity contribution in [2.75, 3.05) is 27.2 Å². The molecule has 0 atom stereocenters. The van der Waals surface area contributed by atoms with Gasteiger partial charge >= 0.3 is 6.03 Å². The van der Waals surface area contributed by atoms with E-state index in [-0.39, 0.29) is 18.5 Å². The van der Waals surface area contributed by atoms with Crippen LogP contribution in [0.3, 0.4) is 0 Å². The highest BCUT2D eigenvalue weighted by Crippen LogP contribution is 2.12. The molecule has 6 nitrogen and oxygen atoms in total. The molecule has 0 radical (unpaired) electrons. The van der Waals surface area contributed by atoms with Crippen LogP contribution in [0.15, 0.2) is 48.7 Å². The number of amides is 3. The van der Waals surface area contributed by atoms with Gasteiger partial charge in [0.1, 0.15) is 6.54 Å². The molecule has 0 bridgehead atoms. The molecular weight excluding hydrogens is 352 g/mol. The van der Waals surface area contributed by atoms with Gasteiger partial charge in [0.05, 0.1) is 6.54 Å². The number of hydrogen-bond donors (Lipinski definition) is 0. The largest absolute Gasteiger partial charge is 0.353 e. The van der Waals surface area contributed by atoms with E-state index in [0.29, 0.717) is 19.6 Å². The van der Waals surface area contributed by atoms with Crippen LogP contribution in [0.4, 0.5) is 4.79 Å². The molecular formula is C22H32N4O2. The standard InChI is InChI=1S/C22H32N4O2/c1-5-6-15-25(22(28)23(2)3)18-21(27)26(16-19-11-8-7-9-12-19)17-20-13-10-14-24(20)4/h7-14H,5-6,15-18H2,1-4H3. The van der Waals surface area contributed by atoms with Crippen LogP contribution in [0.2, 0.25) is 0 Å². The topological polar surface area (TPSA) is 48.8 Å². The van der Waals surface area contributed by atoms with Crippen LogP contribution in [-0.4, -0.2) is 58.4 Å². The Balaban J connectivity index is 2.18. The first-order valence-corrected chi connectivity index (χ1v) is 9.80. The van der Waals surface area contributed by atoms with E-state index >= 15 is 0 Å². The maximum absolute atomic E-state index is 13.2. The van der Waals surface area contributed by atoms with Crippen molar-refractivity contribution >= 4 is 11.9 Å². The molecule has 0 saturated carbocycles. The van der Waals surface area contributed by atoms with E-state index < -0.39 is 0 Å². The van der Waals surface area contributed by atoms with Crippen molar-refractivity contribution < 1.29 is 9.59 Å². The minimum Gasteiger partial charge on any atom is -0.353 e. The molecule has 0 unspecified atom stereocenters. The van der Waals surface area contributed by atoms with Crippen molar-refractivity contribution in [2.24, 2.45) is 7.05 Å². The van der Waals surface area contributed by atoms with Gasteiger partial charge in [-0.05, 0) is 24.1 Å². The predicted octanol–water partition coefficient (Wildman–Crippen LogP) is 3.34. The third-order valence-corrected chi connectivity index (χ3v) is 4.73. The van der Waals surface area contributed by atoms with Crippen molar-refractivity contribution in [3.8, 4) is 0 Å². The molecule has 0 aliphatic heterocycles. The molecule has 1 aromatic carbocycles. The summed E-state index contributed by atoms with van der Waals surface area (Å²) in [6, 6.07) is 13.8. The molecule has 0 saturated heterocycles. The lowest BCUT2D eigenvalue weighted by molar-refractivity contribution is -0.133. The highest BCUT2D eigenvalue weighted by atomic mass is 16.2. The first-order chi connectivity index (χ1) is 13.4. The zero-order valence-electron chi connectivity index (χ0n) is 17.5. The zero-order chi connectivity index (χ0) is 20.5. The number of nitrogens with zero attached hydrogens (tertiary/aromatic N) is 4. The second-order valence-electron chi connectivity index (χ2n) is 7.30. The van der Waals surface area contributed by atoms with Crippen molar-refractivity contribution in [3.05, 3.63) is 59.9 Å².